The third-order valence-electron chi connectivity index (χ3n) is 2.69. The van der Waals surface area contributed by atoms with Crippen molar-refractivity contribution in [2.75, 3.05) is 20.3 Å². The summed E-state index contributed by atoms with van der Waals surface area (Å²) in [6.45, 7) is 5.50. The van der Waals surface area contributed by atoms with Crippen molar-refractivity contribution < 1.29 is 4.74 Å². The lowest BCUT2D eigenvalue weighted by Gasteiger charge is -2.13. The summed E-state index contributed by atoms with van der Waals surface area (Å²) in [5.41, 5.74) is 1.07. The second-order valence-corrected chi connectivity index (χ2v) is 7.00. The molecule has 0 radical (unpaired) electrons. The van der Waals surface area contributed by atoms with E-state index < -0.39 is 0 Å². The highest BCUT2D eigenvalue weighted by atomic mass is 35.5. The Morgan fingerprint density at radius 2 is 2.16 bits per heavy atom. The number of thiazole rings is 2. The van der Waals surface area contributed by atoms with Crippen LogP contribution in [0.15, 0.2) is 6.20 Å². The zero-order valence-electron chi connectivity index (χ0n) is 11.1. The molecule has 4 nitrogen and oxygen atoms in total. The van der Waals surface area contributed by atoms with Crippen LogP contribution in [0.25, 0.3) is 0 Å². The maximum atomic E-state index is 5.98. The molecule has 2 aromatic heterocycles. The molecule has 7 heteroatoms. The number of nitrogens with one attached hydrogen (secondary N) is 1. The lowest BCUT2D eigenvalue weighted by Crippen LogP contribution is -2.25. The average Bonchev–Trinajstić information content (AvgIpc) is 2.93. The second-order valence-electron chi connectivity index (χ2n) is 4.08. The van der Waals surface area contributed by atoms with Crippen LogP contribution in [0.4, 0.5) is 0 Å². The molecule has 0 aliphatic rings. The number of halogens is 1. The van der Waals surface area contributed by atoms with Crippen molar-refractivity contribution in [3.8, 4) is 0 Å². The quantitative estimate of drug-likeness (QED) is 0.831. The molecule has 0 fully saturated rings. The van der Waals surface area contributed by atoms with Gasteiger partial charge in [-0.15, -0.1) is 22.7 Å². The molecule has 0 aromatic carbocycles. The Morgan fingerprint density at radius 1 is 1.37 bits per heavy atom. The van der Waals surface area contributed by atoms with Gasteiger partial charge in [0.1, 0.15) is 20.4 Å². The van der Waals surface area contributed by atoms with Crippen LogP contribution < -0.4 is 5.32 Å². The van der Waals surface area contributed by atoms with E-state index >= 15 is 0 Å². The summed E-state index contributed by atoms with van der Waals surface area (Å²) in [6, 6.07) is -0.00921. The summed E-state index contributed by atoms with van der Waals surface area (Å²) in [7, 11) is 1.69. The van der Waals surface area contributed by atoms with Gasteiger partial charge in [0.05, 0.1) is 18.5 Å². The predicted molar refractivity (Wildman–Crippen MR) is 80.4 cm³/mol. The molecule has 0 amide bonds. The van der Waals surface area contributed by atoms with Crippen LogP contribution in [0.5, 0.6) is 0 Å². The highest BCUT2D eigenvalue weighted by Crippen LogP contribution is 2.31. The summed E-state index contributed by atoms with van der Waals surface area (Å²) >= 11 is 9.15. The number of hydrogen-bond acceptors (Lipinski definition) is 6. The van der Waals surface area contributed by atoms with Crippen molar-refractivity contribution in [2.24, 2.45) is 0 Å². The lowest BCUT2D eigenvalue weighted by molar-refractivity contribution is 0.197. The van der Waals surface area contributed by atoms with Gasteiger partial charge in [-0.2, -0.15) is 0 Å². The van der Waals surface area contributed by atoms with Gasteiger partial charge < -0.3 is 4.74 Å². The summed E-state index contributed by atoms with van der Waals surface area (Å²) in [5, 5.41) is 5.38. The van der Waals surface area contributed by atoms with Crippen LogP contribution in [0.1, 0.15) is 26.6 Å². The Labute approximate surface area is 125 Å². The van der Waals surface area contributed by atoms with Gasteiger partial charge >= 0.3 is 0 Å². The van der Waals surface area contributed by atoms with E-state index in [1.165, 1.54) is 16.2 Å². The van der Waals surface area contributed by atoms with E-state index in [1.807, 2.05) is 6.92 Å². The van der Waals surface area contributed by atoms with Crippen molar-refractivity contribution in [1.29, 1.82) is 0 Å². The molecule has 2 aromatic rings. The molecule has 2 heterocycles. The first-order chi connectivity index (χ1) is 9.11. The van der Waals surface area contributed by atoms with Crippen LogP contribution in [0, 0.1) is 13.8 Å². The minimum absolute atomic E-state index is 0.00921. The van der Waals surface area contributed by atoms with Crippen LogP contribution in [0.2, 0.25) is 4.34 Å². The van der Waals surface area contributed by atoms with Gasteiger partial charge in [0.15, 0.2) is 0 Å². The molecule has 1 atom stereocenters. The third kappa shape index (κ3) is 3.73. The summed E-state index contributed by atoms with van der Waals surface area (Å²) in [5.74, 6) is 0. The van der Waals surface area contributed by atoms with E-state index in [0.29, 0.717) is 10.9 Å². The first-order valence-electron chi connectivity index (χ1n) is 5.89. The second kappa shape index (κ2) is 6.76. The smallest absolute Gasteiger partial charge is 0.118 e. The van der Waals surface area contributed by atoms with Gasteiger partial charge in [0.2, 0.25) is 0 Å². The third-order valence-corrected chi connectivity index (χ3v) is 5.01. The molecule has 0 spiro atoms. The van der Waals surface area contributed by atoms with Crippen LogP contribution in [-0.4, -0.2) is 30.2 Å². The number of aryl methyl sites for hydroxylation is 2. The summed E-state index contributed by atoms with van der Waals surface area (Å²) < 4.78 is 5.77. The summed E-state index contributed by atoms with van der Waals surface area (Å²) in [6.07, 6.45) is 1.68. The Morgan fingerprint density at radius 3 is 2.68 bits per heavy atom. The first-order valence-corrected chi connectivity index (χ1v) is 7.90. The Balaban J connectivity index is 2.23. The molecule has 0 aliphatic heterocycles. The molecule has 1 unspecified atom stereocenters. The van der Waals surface area contributed by atoms with Gasteiger partial charge in [-0.3, -0.25) is 5.32 Å². The fourth-order valence-electron chi connectivity index (χ4n) is 1.61. The highest BCUT2D eigenvalue weighted by Gasteiger charge is 2.21. The highest BCUT2D eigenvalue weighted by molar-refractivity contribution is 7.16. The molecule has 0 saturated carbocycles. The van der Waals surface area contributed by atoms with Crippen LogP contribution in [-0.2, 0) is 4.74 Å². The van der Waals surface area contributed by atoms with E-state index in [4.69, 9.17) is 16.3 Å². The lowest BCUT2D eigenvalue weighted by atomic mass is 10.3. The zero-order valence-corrected chi connectivity index (χ0v) is 13.5. The molecular weight excluding hydrogens is 302 g/mol. The fourth-order valence-corrected chi connectivity index (χ4v) is 3.69. The number of hydrogen-bond donors (Lipinski definition) is 1. The van der Waals surface area contributed by atoms with E-state index in [2.05, 4.69) is 22.2 Å². The van der Waals surface area contributed by atoms with Crippen molar-refractivity contribution in [3.63, 3.8) is 0 Å². The number of aromatic nitrogens is 2. The largest absolute Gasteiger partial charge is 0.383 e. The van der Waals surface area contributed by atoms with E-state index in [1.54, 1.807) is 24.6 Å². The van der Waals surface area contributed by atoms with Gasteiger partial charge in [0.25, 0.3) is 0 Å². The van der Waals surface area contributed by atoms with E-state index in [0.717, 1.165) is 22.3 Å². The van der Waals surface area contributed by atoms with E-state index in [9.17, 15) is 0 Å². The molecule has 1 N–H and O–H groups in total. The topological polar surface area (TPSA) is 47.0 Å². The number of methoxy groups -OCH3 is 1. The first kappa shape index (κ1) is 14.9. The van der Waals surface area contributed by atoms with Crippen molar-refractivity contribution in [1.82, 2.24) is 15.3 Å². The standard InChI is InChI=1S/C12H16ClN3OS2/c1-7-8(2)18-12(16-7)10(14-4-5-17-3)11-15-6-9(13)19-11/h6,10,14H,4-5H2,1-3H3. The Kier molecular flexibility index (Phi) is 5.29. The summed E-state index contributed by atoms with van der Waals surface area (Å²) in [4.78, 5) is 10.2. The van der Waals surface area contributed by atoms with Gasteiger partial charge in [-0.1, -0.05) is 11.6 Å². The molecule has 0 bridgehead atoms. The Bertz CT molecular complexity index is 521. The van der Waals surface area contributed by atoms with Crippen molar-refractivity contribution in [3.05, 3.63) is 31.1 Å². The zero-order chi connectivity index (χ0) is 13.8. The number of ether oxygens (including phenoxy) is 1. The Hall–Kier alpha value is -0.530. The maximum Gasteiger partial charge on any atom is 0.118 e. The molecule has 104 valence electrons. The van der Waals surface area contributed by atoms with Gasteiger partial charge in [0, 0.05) is 18.5 Å². The van der Waals surface area contributed by atoms with Gasteiger partial charge in [-0.05, 0) is 13.8 Å². The average molecular weight is 318 g/mol. The van der Waals surface area contributed by atoms with Gasteiger partial charge in [-0.25, -0.2) is 9.97 Å². The van der Waals surface area contributed by atoms with Crippen LogP contribution in [0.3, 0.4) is 0 Å². The molecule has 19 heavy (non-hydrogen) atoms. The minimum Gasteiger partial charge on any atom is -0.383 e. The van der Waals surface area contributed by atoms with Crippen molar-refractivity contribution in [2.45, 2.75) is 19.9 Å². The number of nitrogens with zero attached hydrogens (tertiary/aromatic N) is 2. The molecule has 2 rings (SSSR count). The molecule has 0 aliphatic carbocycles. The fraction of sp³-hybridized carbons (Fsp3) is 0.500. The normalized spacial score (nSPS) is 12.8. The number of rotatable bonds is 6. The predicted octanol–water partition coefficient (Wildman–Crippen LogP) is 3.20. The SMILES string of the molecule is COCCNC(c1ncc(Cl)s1)c1nc(C)c(C)s1. The monoisotopic (exact) mass is 317 g/mol. The van der Waals surface area contributed by atoms with Crippen LogP contribution >= 0.6 is 34.3 Å². The van der Waals surface area contributed by atoms with Crippen molar-refractivity contribution >= 4 is 34.3 Å². The molecule has 0 saturated heterocycles. The minimum atomic E-state index is -0.00921. The maximum absolute atomic E-state index is 5.98. The molecular formula is C12H16ClN3OS2. The van der Waals surface area contributed by atoms with E-state index in [-0.39, 0.29) is 6.04 Å².